The molecule has 0 spiro atoms. The lowest BCUT2D eigenvalue weighted by molar-refractivity contribution is -0.149. The second-order valence-electron chi connectivity index (χ2n) is 4.11. The second kappa shape index (κ2) is 5.12. The van der Waals surface area contributed by atoms with Gasteiger partial charge >= 0.3 is 5.97 Å². The molecule has 1 aliphatic rings. The molecule has 1 atom stereocenters. The van der Waals surface area contributed by atoms with E-state index in [9.17, 15) is 4.79 Å². The fourth-order valence-corrected chi connectivity index (χ4v) is 2.17. The molecule has 0 saturated carbocycles. The smallest absolute Gasteiger partial charge is 0.307 e. The normalized spacial score (nSPS) is 18.9. The van der Waals surface area contributed by atoms with Crippen molar-refractivity contribution >= 4 is 5.97 Å². The van der Waals surface area contributed by atoms with Crippen LogP contribution < -0.4 is 5.73 Å². The number of carbonyl (C=O) groups is 1. The summed E-state index contributed by atoms with van der Waals surface area (Å²) in [5.74, 6) is -0.191. The first-order chi connectivity index (χ1) is 7.81. The van der Waals surface area contributed by atoms with Crippen molar-refractivity contribution in [3.05, 3.63) is 35.4 Å². The zero-order valence-corrected chi connectivity index (χ0v) is 9.32. The molecule has 3 heteroatoms. The van der Waals surface area contributed by atoms with Crippen molar-refractivity contribution in [2.75, 3.05) is 6.54 Å². The molecule has 16 heavy (non-hydrogen) atoms. The highest BCUT2D eigenvalue weighted by Gasteiger charge is 2.22. The largest absolute Gasteiger partial charge is 0.457 e. The molecule has 1 aliphatic carbocycles. The number of esters is 1. The predicted octanol–water partition coefficient (Wildman–Crippen LogP) is 1.96. The minimum absolute atomic E-state index is 0.0657. The summed E-state index contributed by atoms with van der Waals surface area (Å²) in [5.41, 5.74) is 7.80. The summed E-state index contributed by atoms with van der Waals surface area (Å²) >= 11 is 0. The van der Waals surface area contributed by atoms with E-state index in [0.29, 0.717) is 13.0 Å². The van der Waals surface area contributed by atoms with E-state index in [1.165, 1.54) is 11.1 Å². The summed E-state index contributed by atoms with van der Waals surface area (Å²) < 4.78 is 5.44. The van der Waals surface area contributed by atoms with Crippen LogP contribution in [0.15, 0.2) is 24.3 Å². The van der Waals surface area contributed by atoms with Gasteiger partial charge in [0.25, 0.3) is 0 Å². The van der Waals surface area contributed by atoms with Crippen LogP contribution in [0.1, 0.15) is 36.5 Å². The summed E-state index contributed by atoms with van der Waals surface area (Å²) in [6.07, 6.45) is 3.33. The van der Waals surface area contributed by atoms with Gasteiger partial charge in [0, 0.05) is 6.54 Å². The van der Waals surface area contributed by atoms with Crippen molar-refractivity contribution < 1.29 is 9.53 Å². The molecule has 0 aromatic heterocycles. The third-order valence-corrected chi connectivity index (χ3v) is 2.94. The van der Waals surface area contributed by atoms with E-state index >= 15 is 0 Å². The highest BCUT2D eigenvalue weighted by Crippen LogP contribution is 2.32. The van der Waals surface area contributed by atoms with Crippen LogP contribution in [0, 0.1) is 0 Å². The number of hydrogen-bond acceptors (Lipinski definition) is 3. The maximum Gasteiger partial charge on any atom is 0.307 e. The Morgan fingerprint density at radius 2 is 2.25 bits per heavy atom. The maximum atomic E-state index is 11.4. The minimum atomic E-state index is -0.191. The average Bonchev–Trinajstić information content (AvgIpc) is 2.30. The molecule has 1 aromatic carbocycles. The molecular formula is C13H17NO2. The Kier molecular flexibility index (Phi) is 3.57. The van der Waals surface area contributed by atoms with E-state index in [-0.39, 0.29) is 12.1 Å². The Balaban J connectivity index is 2.10. The zero-order chi connectivity index (χ0) is 11.4. The van der Waals surface area contributed by atoms with Crippen molar-refractivity contribution in [2.45, 2.75) is 31.8 Å². The van der Waals surface area contributed by atoms with Crippen LogP contribution >= 0.6 is 0 Å². The lowest BCUT2D eigenvalue weighted by atomic mass is 9.89. The standard InChI is InChI=1S/C13H17NO2/c14-9-8-13(15)16-12-7-3-5-10-4-1-2-6-11(10)12/h1-2,4,6,12H,3,5,7-9,14H2. The second-order valence-corrected chi connectivity index (χ2v) is 4.11. The van der Waals surface area contributed by atoms with E-state index in [1.54, 1.807) is 0 Å². The predicted molar refractivity (Wildman–Crippen MR) is 61.9 cm³/mol. The Morgan fingerprint density at radius 3 is 3.06 bits per heavy atom. The van der Waals surface area contributed by atoms with Gasteiger partial charge in [-0.3, -0.25) is 4.79 Å². The molecule has 0 heterocycles. The van der Waals surface area contributed by atoms with Crippen LogP contribution in [0.2, 0.25) is 0 Å². The van der Waals surface area contributed by atoms with Crippen molar-refractivity contribution in [3.8, 4) is 0 Å². The maximum absolute atomic E-state index is 11.4. The number of hydrogen-bond donors (Lipinski definition) is 1. The van der Waals surface area contributed by atoms with Gasteiger partial charge in [-0.25, -0.2) is 0 Å². The fourth-order valence-electron chi connectivity index (χ4n) is 2.17. The summed E-state index contributed by atoms with van der Waals surface area (Å²) in [4.78, 5) is 11.4. The number of nitrogens with two attached hydrogens (primary N) is 1. The molecule has 0 amide bonds. The van der Waals surface area contributed by atoms with Gasteiger partial charge in [-0.15, -0.1) is 0 Å². The van der Waals surface area contributed by atoms with Crippen LogP contribution in [0.3, 0.4) is 0 Å². The Hall–Kier alpha value is -1.35. The van der Waals surface area contributed by atoms with Crippen molar-refractivity contribution in [2.24, 2.45) is 5.73 Å². The van der Waals surface area contributed by atoms with E-state index in [4.69, 9.17) is 10.5 Å². The first-order valence-corrected chi connectivity index (χ1v) is 5.78. The molecule has 1 unspecified atom stereocenters. The average molecular weight is 219 g/mol. The molecular weight excluding hydrogens is 202 g/mol. The third kappa shape index (κ3) is 2.42. The molecule has 86 valence electrons. The SMILES string of the molecule is NCCC(=O)OC1CCCc2ccccc21. The molecule has 2 N–H and O–H groups in total. The number of ether oxygens (including phenoxy) is 1. The van der Waals surface area contributed by atoms with E-state index in [1.807, 2.05) is 12.1 Å². The quantitative estimate of drug-likeness (QED) is 0.790. The third-order valence-electron chi connectivity index (χ3n) is 2.94. The Bertz CT molecular complexity index is 376. The molecule has 0 bridgehead atoms. The number of carbonyl (C=O) groups excluding carboxylic acids is 1. The molecule has 0 aliphatic heterocycles. The van der Waals surface area contributed by atoms with Crippen molar-refractivity contribution in [3.63, 3.8) is 0 Å². The topological polar surface area (TPSA) is 52.3 Å². The van der Waals surface area contributed by atoms with Gasteiger partial charge < -0.3 is 10.5 Å². The molecule has 3 nitrogen and oxygen atoms in total. The van der Waals surface area contributed by atoms with Gasteiger partial charge in [0.1, 0.15) is 6.10 Å². The van der Waals surface area contributed by atoms with Gasteiger partial charge in [-0.1, -0.05) is 24.3 Å². The van der Waals surface area contributed by atoms with Gasteiger partial charge in [-0.05, 0) is 30.4 Å². The summed E-state index contributed by atoms with van der Waals surface area (Å²) in [5, 5.41) is 0. The Morgan fingerprint density at radius 1 is 1.44 bits per heavy atom. The van der Waals surface area contributed by atoms with Gasteiger partial charge in [0.2, 0.25) is 0 Å². The van der Waals surface area contributed by atoms with Crippen LogP contribution in [0.25, 0.3) is 0 Å². The number of benzene rings is 1. The summed E-state index contributed by atoms with van der Waals surface area (Å²) in [7, 11) is 0. The Labute approximate surface area is 95.6 Å². The minimum Gasteiger partial charge on any atom is -0.457 e. The van der Waals surface area contributed by atoms with Gasteiger partial charge in [-0.2, -0.15) is 0 Å². The molecule has 0 radical (unpaired) electrons. The van der Waals surface area contributed by atoms with E-state index in [0.717, 1.165) is 19.3 Å². The monoisotopic (exact) mass is 219 g/mol. The first kappa shape index (κ1) is 11.1. The van der Waals surface area contributed by atoms with E-state index < -0.39 is 0 Å². The van der Waals surface area contributed by atoms with Gasteiger partial charge in [0.05, 0.1) is 6.42 Å². The highest BCUT2D eigenvalue weighted by atomic mass is 16.5. The van der Waals surface area contributed by atoms with Crippen LogP contribution in [-0.4, -0.2) is 12.5 Å². The summed E-state index contributed by atoms with van der Waals surface area (Å²) in [6, 6.07) is 8.18. The molecule has 2 rings (SSSR count). The number of fused-ring (bicyclic) bond motifs is 1. The fraction of sp³-hybridized carbons (Fsp3) is 0.462. The lowest BCUT2D eigenvalue weighted by Gasteiger charge is -2.25. The van der Waals surface area contributed by atoms with Crippen LogP contribution in [-0.2, 0) is 16.0 Å². The van der Waals surface area contributed by atoms with Crippen molar-refractivity contribution in [1.82, 2.24) is 0 Å². The van der Waals surface area contributed by atoms with Crippen LogP contribution in [0.5, 0.6) is 0 Å². The summed E-state index contributed by atoms with van der Waals surface area (Å²) in [6.45, 7) is 0.354. The number of rotatable bonds is 3. The molecule has 0 fully saturated rings. The van der Waals surface area contributed by atoms with E-state index in [2.05, 4.69) is 12.1 Å². The molecule has 1 aromatic rings. The van der Waals surface area contributed by atoms with Crippen molar-refractivity contribution in [1.29, 1.82) is 0 Å². The zero-order valence-electron chi connectivity index (χ0n) is 9.32. The molecule has 0 saturated heterocycles. The first-order valence-electron chi connectivity index (χ1n) is 5.78. The van der Waals surface area contributed by atoms with Gasteiger partial charge in [0.15, 0.2) is 0 Å². The highest BCUT2D eigenvalue weighted by molar-refractivity contribution is 5.70. The lowest BCUT2D eigenvalue weighted by Crippen LogP contribution is -2.18. The van der Waals surface area contributed by atoms with Crippen LogP contribution in [0.4, 0.5) is 0 Å². The number of aryl methyl sites for hydroxylation is 1.